The van der Waals surface area contributed by atoms with E-state index in [1.165, 1.54) is 23.1 Å². The normalized spacial score (nSPS) is 14.9. The summed E-state index contributed by atoms with van der Waals surface area (Å²) in [6, 6.07) is 5.43. The third-order valence-corrected chi connectivity index (χ3v) is 7.13. The Bertz CT molecular complexity index is 1520. The van der Waals surface area contributed by atoms with Crippen LogP contribution in [0.4, 0.5) is 26.4 Å². The maximum Gasteiger partial charge on any atom is 0.259 e. The first kappa shape index (κ1) is 27.4. The minimum atomic E-state index is -1.09. The minimum Gasteiger partial charge on any atom is -0.461 e. The van der Waals surface area contributed by atoms with Gasteiger partial charge in [0.1, 0.15) is 11.6 Å². The number of hydrogen-bond donors (Lipinski definition) is 3. The highest BCUT2D eigenvalue weighted by Gasteiger charge is 2.23. The van der Waals surface area contributed by atoms with Crippen LogP contribution in [0.1, 0.15) is 10.4 Å². The Labute approximate surface area is 230 Å². The van der Waals surface area contributed by atoms with Gasteiger partial charge in [-0.1, -0.05) is 0 Å². The molecule has 5 rings (SSSR count). The van der Waals surface area contributed by atoms with Gasteiger partial charge in [-0.05, 0) is 18.2 Å². The first-order valence-corrected chi connectivity index (χ1v) is 14.2. The number of nitrogens with two attached hydrogens (primary N) is 1. The summed E-state index contributed by atoms with van der Waals surface area (Å²) in [5.74, 6) is -0.530. The van der Waals surface area contributed by atoms with E-state index in [1.807, 2.05) is 0 Å². The summed E-state index contributed by atoms with van der Waals surface area (Å²) < 4.78 is 46.8. The van der Waals surface area contributed by atoms with Gasteiger partial charge in [0.25, 0.3) is 11.7 Å². The second-order valence-corrected chi connectivity index (χ2v) is 10.7. The number of aromatic nitrogens is 5. The molecule has 1 amide bonds. The van der Waals surface area contributed by atoms with Gasteiger partial charge in [0.05, 0.1) is 17.5 Å². The molecule has 3 aromatic heterocycles. The van der Waals surface area contributed by atoms with E-state index in [0.717, 1.165) is 6.07 Å². The van der Waals surface area contributed by atoms with Crippen molar-refractivity contribution in [1.82, 2.24) is 34.8 Å². The fraction of sp³-hybridized carbons (Fsp3) is 0.375. The lowest BCUT2D eigenvalue weighted by Crippen LogP contribution is -2.48. The van der Waals surface area contributed by atoms with Gasteiger partial charge < -0.3 is 25.7 Å². The topological polar surface area (TPSA) is 160 Å². The minimum absolute atomic E-state index is 0.126. The molecule has 0 aliphatic carbocycles. The molecular formula is C24H28F2N10O3S. The Kier molecular flexibility index (Phi) is 8.16. The smallest absolute Gasteiger partial charge is 0.259 e. The van der Waals surface area contributed by atoms with Crippen molar-refractivity contribution in [2.45, 2.75) is 0 Å². The van der Waals surface area contributed by atoms with Crippen molar-refractivity contribution in [2.24, 2.45) is 0 Å². The van der Waals surface area contributed by atoms with Crippen molar-refractivity contribution < 1.29 is 22.2 Å². The highest BCUT2D eigenvalue weighted by molar-refractivity contribution is 7.84. The van der Waals surface area contributed by atoms with E-state index in [9.17, 15) is 17.8 Å². The fourth-order valence-corrected chi connectivity index (χ4v) is 4.68. The molecule has 0 radical (unpaired) electrons. The van der Waals surface area contributed by atoms with Crippen LogP contribution in [0.2, 0.25) is 0 Å². The summed E-state index contributed by atoms with van der Waals surface area (Å²) in [4.78, 5) is 29.3. The zero-order valence-electron chi connectivity index (χ0n) is 21.6. The lowest BCUT2D eigenvalue weighted by Gasteiger charge is -2.36. The molecule has 1 aliphatic heterocycles. The summed E-state index contributed by atoms with van der Waals surface area (Å²) in [5, 5.41) is 9.94. The fourth-order valence-electron chi connectivity index (χ4n) is 4.29. The number of hydrogen-bond acceptors (Lipinski definition) is 11. The molecule has 4 heterocycles. The quantitative estimate of drug-likeness (QED) is 0.248. The largest absolute Gasteiger partial charge is 0.461 e. The second kappa shape index (κ2) is 11.9. The van der Waals surface area contributed by atoms with Crippen LogP contribution in [0.15, 0.2) is 34.9 Å². The van der Waals surface area contributed by atoms with Gasteiger partial charge in [0.15, 0.2) is 5.76 Å². The van der Waals surface area contributed by atoms with Gasteiger partial charge in [-0.3, -0.25) is 13.9 Å². The molecule has 0 spiro atoms. The molecule has 1 aromatic carbocycles. The van der Waals surface area contributed by atoms with Crippen molar-refractivity contribution in [3.05, 3.63) is 47.7 Å². The van der Waals surface area contributed by atoms with Crippen molar-refractivity contribution in [2.75, 3.05) is 73.8 Å². The number of piperazine rings is 1. The number of carbonyl (C=O) groups is 1. The number of halogens is 2. The first-order chi connectivity index (χ1) is 19.3. The van der Waals surface area contributed by atoms with Crippen LogP contribution in [0.25, 0.3) is 17.4 Å². The number of nitrogens with zero attached hydrogens (tertiary/aromatic N) is 7. The monoisotopic (exact) mass is 574 g/mol. The molecule has 1 aliphatic rings. The van der Waals surface area contributed by atoms with Crippen LogP contribution >= 0.6 is 0 Å². The number of nitrogen functional groups attached to an aromatic ring is 1. The van der Waals surface area contributed by atoms with Crippen molar-refractivity contribution in [1.29, 1.82) is 0 Å². The number of benzene rings is 1. The van der Waals surface area contributed by atoms with E-state index in [0.29, 0.717) is 56.8 Å². The molecular weight excluding hydrogens is 546 g/mol. The molecule has 1 saturated heterocycles. The van der Waals surface area contributed by atoms with Crippen LogP contribution < -0.4 is 21.3 Å². The van der Waals surface area contributed by atoms with Gasteiger partial charge in [-0.15, -0.1) is 5.10 Å². The van der Waals surface area contributed by atoms with E-state index < -0.39 is 28.3 Å². The Morgan fingerprint density at radius 3 is 2.65 bits per heavy atom. The van der Waals surface area contributed by atoms with Gasteiger partial charge in [-0.2, -0.15) is 19.5 Å². The molecule has 4 aromatic rings. The number of anilines is 3. The lowest BCUT2D eigenvalue weighted by atomic mass is 10.1. The van der Waals surface area contributed by atoms with Crippen LogP contribution in [-0.4, -0.2) is 97.4 Å². The predicted octanol–water partition coefficient (Wildman–Crippen LogP) is 0.982. The third kappa shape index (κ3) is 6.17. The number of nitrogens with one attached hydrogen (secondary N) is 2. The summed E-state index contributed by atoms with van der Waals surface area (Å²) in [7, 11) is -1.09. The summed E-state index contributed by atoms with van der Waals surface area (Å²) in [5.41, 5.74) is 5.95. The zero-order chi connectivity index (χ0) is 28.2. The zero-order valence-corrected chi connectivity index (χ0v) is 22.5. The molecule has 1 unspecified atom stereocenters. The number of furan rings is 1. The highest BCUT2D eigenvalue weighted by Crippen LogP contribution is 2.25. The lowest BCUT2D eigenvalue weighted by molar-refractivity contribution is 0.0952. The Morgan fingerprint density at radius 1 is 1.12 bits per heavy atom. The van der Waals surface area contributed by atoms with Gasteiger partial charge in [0.2, 0.25) is 17.7 Å². The summed E-state index contributed by atoms with van der Waals surface area (Å²) in [6.07, 6.45) is 3.04. The van der Waals surface area contributed by atoms with Crippen LogP contribution in [0, 0.1) is 11.6 Å². The molecule has 1 atom stereocenters. The van der Waals surface area contributed by atoms with Crippen molar-refractivity contribution in [3.63, 3.8) is 0 Å². The Balaban J connectivity index is 1.15. The maximum absolute atomic E-state index is 14.6. The van der Waals surface area contributed by atoms with Crippen LogP contribution in [0.3, 0.4) is 0 Å². The van der Waals surface area contributed by atoms with E-state index in [4.69, 9.17) is 10.2 Å². The van der Waals surface area contributed by atoms with Gasteiger partial charge in [0, 0.05) is 74.7 Å². The molecule has 4 N–H and O–H groups in total. The molecule has 212 valence electrons. The van der Waals surface area contributed by atoms with E-state index in [-0.39, 0.29) is 35.3 Å². The Hall–Kier alpha value is -4.18. The molecule has 16 heteroatoms. The maximum atomic E-state index is 14.6. The van der Waals surface area contributed by atoms with E-state index in [1.54, 1.807) is 17.0 Å². The summed E-state index contributed by atoms with van der Waals surface area (Å²) in [6.45, 7) is 3.54. The van der Waals surface area contributed by atoms with Crippen LogP contribution in [0.5, 0.6) is 0 Å². The standard InChI is InChI=1S/C24H28F2N10O3S/c1-40(38)12-5-28-21(37)15-13-18(17(26)14-16(15)25)35-9-7-34(8-10-35)6-4-29-23-31-22(27)36-24(32-23)30-20(33-36)19-3-2-11-39-19/h2-3,11,13-14H,4-10,12H2,1H3,(H,28,37)(H3,27,29,30,31,32,33). The molecule has 0 bridgehead atoms. The van der Waals surface area contributed by atoms with Crippen molar-refractivity contribution in [3.8, 4) is 11.6 Å². The van der Waals surface area contributed by atoms with E-state index >= 15 is 0 Å². The molecule has 40 heavy (non-hydrogen) atoms. The van der Waals surface area contributed by atoms with Gasteiger partial charge in [-0.25, -0.2) is 8.78 Å². The molecule has 0 saturated carbocycles. The average molecular weight is 575 g/mol. The molecule has 13 nitrogen and oxygen atoms in total. The van der Waals surface area contributed by atoms with Gasteiger partial charge >= 0.3 is 0 Å². The Morgan fingerprint density at radius 2 is 1.93 bits per heavy atom. The number of amides is 1. The number of carbonyl (C=O) groups excluding carboxylic acids is 1. The first-order valence-electron chi connectivity index (χ1n) is 12.5. The highest BCUT2D eigenvalue weighted by atomic mass is 32.2. The second-order valence-electron chi connectivity index (χ2n) is 9.10. The van der Waals surface area contributed by atoms with Crippen LogP contribution in [-0.2, 0) is 10.8 Å². The average Bonchev–Trinajstić information content (AvgIpc) is 3.60. The third-order valence-electron chi connectivity index (χ3n) is 6.36. The number of rotatable bonds is 10. The van der Waals surface area contributed by atoms with E-state index in [2.05, 4.69) is 35.6 Å². The van der Waals surface area contributed by atoms with Crippen molar-refractivity contribution >= 4 is 40.1 Å². The SMILES string of the molecule is CS(=O)CCNC(=O)c1cc(N2CCN(CCNc3nc(N)n4nc(-c5ccco5)nc4n3)CC2)c(F)cc1F. The molecule has 1 fully saturated rings. The predicted molar refractivity (Wildman–Crippen MR) is 145 cm³/mol. The number of fused-ring (bicyclic) bond motifs is 1. The summed E-state index contributed by atoms with van der Waals surface area (Å²) >= 11 is 0.